The molecule has 3 aromatic rings. The number of benzene rings is 2. The number of pyridine rings is 1. The maximum absolute atomic E-state index is 10.0. The van der Waals surface area contributed by atoms with Gasteiger partial charge in [-0.25, -0.2) is 0 Å². The molecule has 0 saturated carbocycles. The van der Waals surface area contributed by atoms with Crippen LogP contribution in [0.25, 0.3) is 22.2 Å². The molecule has 4 heteroatoms. The summed E-state index contributed by atoms with van der Waals surface area (Å²) in [6.45, 7) is 5.10. The van der Waals surface area contributed by atoms with Crippen molar-refractivity contribution in [3.63, 3.8) is 0 Å². The second kappa shape index (κ2) is 13.8. The summed E-state index contributed by atoms with van der Waals surface area (Å²) < 4.78 is 0. The van der Waals surface area contributed by atoms with Crippen molar-refractivity contribution in [2.24, 2.45) is 0 Å². The van der Waals surface area contributed by atoms with Crippen molar-refractivity contribution in [1.29, 1.82) is 0 Å². The number of fused-ring (bicyclic) bond motifs is 1. The van der Waals surface area contributed by atoms with Crippen molar-refractivity contribution in [2.75, 3.05) is 0 Å². The Bertz CT molecular complexity index is 945. The van der Waals surface area contributed by atoms with Gasteiger partial charge in [0, 0.05) is 26.2 Å². The molecule has 0 fully saturated rings. The zero-order valence-corrected chi connectivity index (χ0v) is 20.3. The molecule has 0 atom stereocenters. The number of aliphatic hydroxyl groups excluding tert-OH is 1. The smallest absolute Gasteiger partial charge is 0.155 e. The number of aliphatic hydroxyl groups is 1. The van der Waals surface area contributed by atoms with E-state index in [-0.39, 0.29) is 31.6 Å². The van der Waals surface area contributed by atoms with Crippen molar-refractivity contribution in [3.05, 3.63) is 78.1 Å². The number of para-hydroxylation sites is 1. The fraction of sp³-hybridized carbons (Fsp3) is 0.308. The van der Waals surface area contributed by atoms with E-state index in [1.807, 2.05) is 12.1 Å². The summed E-state index contributed by atoms with van der Waals surface area (Å²) in [5.74, 6) is -0.0625. The van der Waals surface area contributed by atoms with Crippen molar-refractivity contribution in [1.82, 2.24) is 4.98 Å². The van der Waals surface area contributed by atoms with Crippen LogP contribution in [0.15, 0.2) is 66.4 Å². The Balaban J connectivity index is 0.000000489. The largest absolute Gasteiger partial charge is 0.512 e. The molecule has 1 aromatic heterocycles. The molecule has 0 spiro atoms. The first-order valence-electron chi connectivity index (χ1n) is 10.2. The zero-order valence-electron chi connectivity index (χ0n) is 17.9. The number of unbranched alkanes of at least 4 members (excludes halogenated alkanes) is 3. The summed E-state index contributed by atoms with van der Waals surface area (Å²) in [4.78, 5) is 14.7. The summed E-state index contributed by atoms with van der Waals surface area (Å²) in [5, 5.41) is 9.54. The number of carbonyl (C=O) groups excluding carboxylic acids is 1. The molecule has 1 heterocycles. The van der Waals surface area contributed by atoms with E-state index in [1.165, 1.54) is 56.6 Å². The van der Waals surface area contributed by atoms with Gasteiger partial charge in [-0.1, -0.05) is 69.4 Å². The van der Waals surface area contributed by atoms with E-state index in [2.05, 4.69) is 55.5 Å². The first-order chi connectivity index (χ1) is 14.0. The van der Waals surface area contributed by atoms with Gasteiger partial charge in [-0.15, -0.1) is 35.4 Å². The van der Waals surface area contributed by atoms with E-state index in [0.717, 1.165) is 23.2 Å². The summed E-state index contributed by atoms with van der Waals surface area (Å²) in [7, 11) is 0. The van der Waals surface area contributed by atoms with Crippen LogP contribution in [0.2, 0.25) is 0 Å². The van der Waals surface area contributed by atoms with Crippen molar-refractivity contribution >= 4 is 16.7 Å². The van der Waals surface area contributed by atoms with E-state index in [1.54, 1.807) is 0 Å². The van der Waals surface area contributed by atoms with Crippen LogP contribution in [0.4, 0.5) is 0 Å². The number of ketones is 1. The molecule has 3 rings (SSSR count). The molecular formula is C26H30IrNO2-. The predicted octanol–water partition coefficient (Wildman–Crippen LogP) is 6.86. The van der Waals surface area contributed by atoms with E-state index < -0.39 is 0 Å². The van der Waals surface area contributed by atoms with Gasteiger partial charge in [-0.3, -0.25) is 9.78 Å². The predicted molar refractivity (Wildman–Crippen MR) is 121 cm³/mol. The number of allylic oxidation sites excluding steroid dienone is 2. The standard InChI is InChI=1S/C21H22N.C5H8O2.Ir/c1-2-3-4-5-8-17-11-13-19(14-12-17)21-16-15-18-9-6-7-10-20(18)22-21;1-4(6)3-5(2)7;/h6-7,9-13,15-16H,2-5,8H2,1H3;3,6H,1-2H3;/q-1;;/b;4-3-;. The molecule has 1 radical (unpaired) electrons. The van der Waals surface area contributed by atoms with Crippen LogP contribution < -0.4 is 0 Å². The number of nitrogens with zero attached hydrogens (tertiary/aromatic N) is 1. The number of hydrogen-bond donors (Lipinski definition) is 1. The fourth-order valence-electron chi connectivity index (χ4n) is 3.04. The molecule has 2 aromatic carbocycles. The molecule has 30 heavy (non-hydrogen) atoms. The van der Waals surface area contributed by atoms with Gasteiger partial charge in [0.2, 0.25) is 0 Å². The van der Waals surface area contributed by atoms with E-state index >= 15 is 0 Å². The van der Waals surface area contributed by atoms with Crippen LogP contribution in [0, 0.1) is 6.07 Å². The monoisotopic (exact) mass is 581 g/mol. The van der Waals surface area contributed by atoms with Gasteiger partial charge in [0.25, 0.3) is 0 Å². The molecule has 161 valence electrons. The topological polar surface area (TPSA) is 50.2 Å². The molecule has 0 aliphatic carbocycles. The molecule has 0 unspecified atom stereocenters. The van der Waals surface area contributed by atoms with Gasteiger partial charge in [0.1, 0.15) is 0 Å². The average Bonchev–Trinajstić information content (AvgIpc) is 2.71. The number of aromatic nitrogens is 1. The molecular weight excluding hydrogens is 551 g/mol. The van der Waals surface area contributed by atoms with Gasteiger partial charge in [-0.05, 0) is 31.0 Å². The normalized spacial score (nSPS) is 10.7. The Morgan fingerprint density at radius 2 is 1.80 bits per heavy atom. The molecule has 3 nitrogen and oxygen atoms in total. The van der Waals surface area contributed by atoms with Crippen LogP contribution in [0.5, 0.6) is 0 Å². The van der Waals surface area contributed by atoms with Gasteiger partial charge < -0.3 is 5.11 Å². The summed E-state index contributed by atoms with van der Waals surface area (Å²) in [6.07, 6.45) is 7.54. The number of carbonyl (C=O) groups is 1. The van der Waals surface area contributed by atoms with E-state index in [0.29, 0.717) is 0 Å². The quantitative estimate of drug-likeness (QED) is 0.144. The summed E-state index contributed by atoms with van der Waals surface area (Å²) in [6, 6.07) is 22.3. The second-order valence-electron chi connectivity index (χ2n) is 7.21. The minimum atomic E-state index is -0.125. The van der Waals surface area contributed by atoms with Gasteiger partial charge >= 0.3 is 0 Å². The van der Waals surface area contributed by atoms with Crippen LogP contribution >= 0.6 is 0 Å². The SMILES string of the molecule is CC(=O)/C=C(/C)O.CCCCCCc1c[c-]c(-c2ccc3ccccc3n2)cc1.[Ir]. The third-order valence-electron chi connectivity index (χ3n) is 4.48. The van der Waals surface area contributed by atoms with Crippen LogP contribution in [-0.2, 0) is 31.3 Å². The van der Waals surface area contributed by atoms with Crippen molar-refractivity contribution in [3.8, 4) is 11.3 Å². The second-order valence-corrected chi connectivity index (χ2v) is 7.21. The van der Waals surface area contributed by atoms with E-state index in [9.17, 15) is 4.79 Å². The average molecular weight is 581 g/mol. The molecule has 0 bridgehead atoms. The van der Waals surface area contributed by atoms with Gasteiger partial charge in [0.05, 0.1) is 11.3 Å². The van der Waals surface area contributed by atoms with Crippen molar-refractivity contribution in [2.45, 2.75) is 52.9 Å². The van der Waals surface area contributed by atoms with Crippen LogP contribution in [0.1, 0.15) is 52.0 Å². The van der Waals surface area contributed by atoms with Gasteiger partial charge in [-0.2, -0.15) is 0 Å². The Kier molecular flexibility index (Phi) is 11.9. The Morgan fingerprint density at radius 1 is 1.03 bits per heavy atom. The van der Waals surface area contributed by atoms with E-state index in [4.69, 9.17) is 10.1 Å². The number of hydrogen-bond acceptors (Lipinski definition) is 3. The van der Waals surface area contributed by atoms with Gasteiger partial charge in [0.15, 0.2) is 5.78 Å². The maximum Gasteiger partial charge on any atom is 0.155 e. The maximum atomic E-state index is 10.0. The number of aryl methyl sites for hydroxylation is 1. The minimum Gasteiger partial charge on any atom is -0.512 e. The third kappa shape index (κ3) is 9.02. The zero-order chi connectivity index (χ0) is 21.1. The fourth-order valence-corrected chi connectivity index (χ4v) is 3.04. The first kappa shape index (κ1) is 25.7. The molecule has 0 amide bonds. The molecule has 1 N–H and O–H groups in total. The first-order valence-corrected chi connectivity index (χ1v) is 10.2. The molecule has 0 aliphatic heterocycles. The summed E-state index contributed by atoms with van der Waals surface area (Å²) in [5.41, 5.74) is 4.48. The number of rotatable bonds is 7. The van der Waals surface area contributed by atoms with Crippen LogP contribution in [0.3, 0.4) is 0 Å². The Hall–Kier alpha value is -2.29. The minimum absolute atomic E-state index is 0. The third-order valence-corrected chi connectivity index (χ3v) is 4.48. The molecule has 0 saturated heterocycles. The molecule has 0 aliphatic rings. The Morgan fingerprint density at radius 3 is 2.40 bits per heavy atom. The Labute approximate surface area is 193 Å². The van der Waals surface area contributed by atoms with Crippen molar-refractivity contribution < 1.29 is 30.0 Å². The summed E-state index contributed by atoms with van der Waals surface area (Å²) >= 11 is 0. The van der Waals surface area contributed by atoms with Crippen LogP contribution in [-0.4, -0.2) is 15.9 Å².